The lowest BCUT2D eigenvalue weighted by atomic mass is 9.95. The molecule has 35 heavy (non-hydrogen) atoms. The Morgan fingerprint density at radius 2 is 1.66 bits per heavy atom. The highest BCUT2D eigenvalue weighted by Crippen LogP contribution is 2.34. The van der Waals surface area contributed by atoms with Crippen LogP contribution in [0.25, 0.3) is 11.1 Å². The quantitative estimate of drug-likeness (QED) is 0.356. The highest BCUT2D eigenvalue weighted by molar-refractivity contribution is 6.42. The summed E-state index contributed by atoms with van der Waals surface area (Å²) in [7, 11) is 0. The standard InChI is InChI=1S/C28H28Cl2N2O3/c29-23-13-11-19(17-24(23)30)22-16-20(12-14-26(22)33)27(34)32-25(15-18-7-3-1-4-8-18)28(35)31-21-9-5-2-6-10-21/h1,3-4,7-8,11-14,16-17,21,25,33H,2,5-6,9-10,15H2,(H,31,35)(H,32,34)/t25-/m0/s1. The molecule has 0 unspecified atom stereocenters. The van der Waals surface area contributed by atoms with E-state index in [0.717, 1.165) is 31.2 Å². The van der Waals surface area contributed by atoms with E-state index in [1.807, 2.05) is 30.3 Å². The largest absolute Gasteiger partial charge is 0.507 e. The molecule has 3 N–H and O–H groups in total. The second-order valence-corrected chi connectivity index (χ2v) is 9.73. The van der Waals surface area contributed by atoms with Crippen molar-refractivity contribution in [2.75, 3.05) is 0 Å². The molecule has 1 saturated carbocycles. The van der Waals surface area contributed by atoms with Crippen molar-refractivity contribution in [3.8, 4) is 16.9 Å². The van der Waals surface area contributed by atoms with Crippen molar-refractivity contribution in [1.29, 1.82) is 0 Å². The Morgan fingerprint density at radius 3 is 2.37 bits per heavy atom. The average molecular weight is 511 g/mol. The molecule has 1 aliphatic carbocycles. The molecule has 0 saturated heterocycles. The maximum atomic E-state index is 13.2. The van der Waals surface area contributed by atoms with Gasteiger partial charge in [0.05, 0.1) is 10.0 Å². The molecule has 0 aromatic heterocycles. The molecule has 182 valence electrons. The summed E-state index contributed by atoms with van der Waals surface area (Å²) < 4.78 is 0. The number of aromatic hydroxyl groups is 1. The fraction of sp³-hybridized carbons (Fsp3) is 0.286. The van der Waals surface area contributed by atoms with Crippen LogP contribution in [0.15, 0.2) is 66.7 Å². The van der Waals surface area contributed by atoms with Gasteiger partial charge in [0.25, 0.3) is 5.91 Å². The van der Waals surface area contributed by atoms with Crippen LogP contribution in [0.4, 0.5) is 0 Å². The van der Waals surface area contributed by atoms with Crippen LogP contribution in [0, 0.1) is 0 Å². The van der Waals surface area contributed by atoms with E-state index in [2.05, 4.69) is 10.6 Å². The van der Waals surface area contributed by atoms with E-state index >= 15 is 0 Å². The molecular formula is C28H28Cl2N2O3. The van der Waals surface area contributed by atoms with Crippen LogP contribution >= 0.6 is 23.2 Å². The molecule has 0 heterocycles. The van der Waals surface area contributed by atoms with E-state index in [0.29, 0.717) is 33.2 Å². The summed E-state index contributed by atoms with van der Waals surface area (Å²) in [5.74, 6) is -0.570. The zero-order valence-electron chi connectivity index (χ0n) is 19.3. The smallest absolute Gasteiger partial charge is 0.251 e. The number of amides is 2. The van der Waals surface area contributed by atoms with E-state index in [4.69, 9.17) is 23.2 Å². The molecule has 1 atom stereocenters. The molecule has 0 aliphatic heterocycles. The minimum atomic E-state index is -0.728. The molecule has 1 fully saturated rings. The predicted molar refractivity (Wildman–Crippen MR) is 140 cm³/mol. The van der Waals surface area contributed by atoms with Gasteiger partial charge in [-0.05, 0) is 54.3 Å². The maximum absolute atomic E-state index is 13.2. The van der Waals surface area contributed by atoms with E-state index in [1.54, 1.807) is 24.3 Å². The minimum absolute atomic E-state index is 0.0100. The number of hydrogen-bond donors (Lipinski definition) is 3. The molecule has 3 aromatic rings. The first-order valence-corrected chi connectivity index (χ1v) is 12.6. The summed E-state index contributed by atoms with van der Waals surface area (Å²) in [6, 6.07) is 18.6. The molecule has 2 amide bonds. The normalized spacial score (nSPS) is 14.8. The number of nitrogens with one attached hydrogen (secondary N) is 2. The van der Waals surface area contributed by atoms with Crippen LogP contribution in [0.3, 0.4) is 0 Å². The van der Waals surface area contributed by atoms with E-state index in [-0.39, 0.29) is 17.7 Å². The first kappa shape index (κ1) is 25.1. The Balaban J connectivity index is 1.55. The first-order chi connectivity index (χ1) is 16.9. The molecule has 7 heteroatoms. The van der Waals surface area contributed by atoms with Crippen molar-refractivity contribution in [2.24, 2.45) is 0 Å². The molecule has 0 radical (unpaired) electrons. The summed E-state index contributed by atoms with van der Waals surface area (Å²) in [5, 5.41) is 17.2. The highest BCUT2D eigenvalue weighted by atomic mass is 35.5. The number of halogens is 2. The zero-order chi connectivity index (χ0) is 24.8. The zero-order valence-corrected chi connectivity index (χ0v) is 20.8. The van der Waals surface area contributed by atoms with Gasteiger partial charge >= 0.3 is 0 Å². The summed E-state index contributed by atoms with van der Waals surface area (Å²) in [5.41, 5.74) is 2.36. The van der Waals surface area contributed by atoms with Crippen LogP contribution in [-0.4, -0.2) is 29.0 Å². The molecule has 3 aromatic carbocycles. The Hall–Kier alpha value is -3.02. The second kappa shape index (κ2) is 11.6. The Morgan fingerprint density at radius 1 is 0.914 bits per heavy atom. The summed E-state index contributed by atoms with van der Waals surface area (Å²) in [4.78, 5) is 26.4. The van der Waals surface area contributed by atoms with Crippen molar-refractivity contribution in [3.05, 3.63) is 87.9 Å². The van der Waals surface area contributed by atoms with E-state index < -0.39 is 11.9 Å². The van der Waals surface area contributed by atoms with E-state index in [9.17, 15) is 14.7 Å². The molecule has 0 spiro atoms. The molecule has 4 rings (SSSR count). The Bertz CT molecular complexity index is 1190. The summed E-state index contributed by atoms with van der Waals surface area (Å²) in [6.45, 7) is 0. The Labute approximate surface area is 215 Å². The van der Waals surface area contributed by atoms with Gasteiger partial charge in [-0.3, -0.25) is 9.59 Å². The number of carbonyl (C=O) groups excluding carboxylic acids is 2. The number of phenols is 1. The van der Waals surface area contributed by atoms with Crippen LogP contribution in [0.2, 0.25) is 10.0 Å². The Kier molecular flexibility index (Phi) is 8.32. The third-order valence-electron chi connectivity index (χ3n) is 6.35. The van der Waals surface area contributed by atoms with Gasteiger partial charge in [-0.1, -0.05) is 78.9 Å². The topological polar surface area (TPSA) is 78.4 Å². The summed E-state index contributed by atoms with van der Waals surface area (Å²) >= 11 is 12.2. The predicted octanol–water partition coefficient (Wildman–Crippen LogP) is 6.16. The number of hydrogen-bond acceptors (Lipinski definition) is 3. The van der Waals surface area contributed by atoms with Crippen molar-refractivity contribution in [2.45, 2.75) is 50.6 Å². The van der Waals surface area contributed by atoms with Gasteiger partial charge in [0.15, 0.2) is 0 Å². The van der Waals surface area contributed by atoms with Crippen LogP contribution < -0.4 is 10.6 Å². The lowest BCUT2D eigenvalue weighted by molar-refractivity contribution is -0.123. The van der Waals surface area contributed by atoms with Gasteiger partial charge in [-0.15, -0.1) is 0 Å². The van der Waals surface area contributed by atoms with E-state index in [1.165, 1.54) is 18.6 Å². The third-order valence-corrected chi connectivity index (χ3v) is 7.08. The number of rotatable bonds is 7. The lowest BCUT2D eigenvalue weighted by Gasteiger charge is -2.26. The first-order valence-electron chi connectivity index (χ1n) is 11.8. The molecule has 5 nitrogen and oxygen atoms in total. The van der Waals surface area contributed by atoms with Gasteiger partial charge in [-0.25, -0.2) is 0 Å². The van der Waals surface area contributed by atoms with Gasteiger partial charge in [0, 0.05) is 23.6 Å². The number of benzene rings is 3. The number of phenolic OH excluding ortho intramolecular Hbond substituents is 1. The number of carbonyl (C=O) groups is 2. The van der Waals surface area contributed by atoms with Crippen LogP contribution in [0.5, 0.6) is 5.75 Å². The lowest BCUT2D eigenvalue weighted by Crippen LogP contribution is -2.51. The van der Waals surface area contributed by atoms with Crippen LogP contribution in [0.1, 0.15) is 48.0 Å². The van der Waals surface area contributed by atoms with Crippen LogP contribution in [-0.2, 0) is 11.2 Å². The molecular weight excluding hydrogens is 483 g/mol. The monoisotopic (exact) mass is 510 g/mol. The SMILES string of the molecule is O=C(N[C@@H](Cc1ccccc1)C(=O)NC1CCCCC1)c1ccc(O)c(-c2ccc(Cl)c(Cl)c2)c1. The van der Waals surface area contributed by atoms with Gasteiger partial charge in [0.1, 0.15) is 11.8 Å². The maximum Gasteiger partial charge on any atom is 0.251 e. The second-order valence-electron chi connectivity index (χ2n) is 8.92. The average Bonchev–Trinajstić information content (AvgIpc) is 2.87. The third kappa shape index (κ3) is 6.56. The van der Waals surface area contributed by atoms with Gasteiger partial charge in [-0.2, -0.15) is 0 Å². The van der Waals surface area contributed by atoms with Crippen molar-refractivity contribution >= 4 is 35.0 Å². The molecule has 1 aliphatic rings. The van der Waals surface area contributed by atoms with Gasteiger partial charge < -0.3 is 15.7 Å². The fourth-order valence-electron chi connectivity index (χ4n) is 4.42. The van der Waals surface area contributed by atoms with Crippen molar-refractivity contribution in [1.82, 2.24) is 10.6 Å². The van der Waals surface area contributed by atoms with Gasteiger partial charge in [0.2, 0.25) is 5.91 Å². The fourth-order valence-corrected chi connectivity index (χ4v) is 4.72. The minimum Gasteiger partial charge on any atom is -0.507 e. The molecule has 0 bridgehead atoms. The van der Waals surface area contributed by atoms with Crippen molar-refractivity contribution in [3.63, 3.8) is 0 Å². The van der Waals surface area contributed by atoms with Crippen molar-refractivity contribution < 1.29 is 14.7 Å². The summed E-state index contributed by atoms with van der Waals surface area (Å²) in [6.07, 6.45) is 5.70. The highest BCUT2D eigenvalue weighted by Gasteiger charge is 2.25.